The molecule has 1 heterocycles. The predicted octanol–water partition coefficient (Wildman–Crippen LogP) is 3.28. The van der Waals surface area contributed by atoms with Crippen molar-refractivity contribution in [1.29, 1.82) is 0 Å². The zero-order valence-electron chi connectivity index (χ0n) is 11.1. The fraction of sp³-hybridized carbons (Fsp3) is 0.231. The number of anilines is 1. The molecule has 0 saturated heterocycles. The van der Waals surface area contributed by atoms with Gasteiger partial charge >= 0.3 is 0 Å². The van der Waals surface area contributed by atoms with Crippen molar-refractivity contribution in [1.82, 2.24) is 0 Å². The van der Waals surface area contributed by atoms with Crippen molar-refractivity contribution in [3.63, 3.8) is 0 Å². The number of rotatable bonds is 4. The van der Waals surface area contributed by atoms with Crippen molar-refractivity contribution in [2.24, 2.45) is 5.73 Å². The molecular weight excluding hydrogens is 316 g/mol. The predicted molar refractivity (Wildman–Crippen MR) is 83.9 cm³/mol. The van der Waals surface area contributed by atoms with Crippen molar-refractivity contribution >= 4 is 38.6 Å². The molecule has 0 aliphatic heterocycles. The number of thiophene rings is 1. The first kappa shape index (κ1) is 15.3. The van der Waals surface area contributed by atoms with Gasteiger partial charge in [-0.2, -0.15) is 0 Å². The number of hydrogen-bond acceptors (Lipinski definition) is 4. The zero-order valence-corrected chi connectivity index (χ0v) is 13.5. The average molecular weight is 331 g/mol. The summed E-state index contributed by atoms with van der Waals surface area (Å²) in [4.78, 5) is 1.79. The number of nitrogens with one attached hydrogen (secondary N) is 1. The molecule has 1 aromatic carbocycles. The van der Waals surface area contributed by atoms with Gasteiger partial charge in [-0.3, -0.25) is 4.72 Å². The van der Waals surface area contributed by atoms with E-state index in [4.69, 9.17) is 17.3 Å². The van der Waals surface area contributed by atoms with Crippen molar-refractivity contribution in [2.75, 3.05) is 4.72 Å². The van der Waals surface area contributed by atoms with Crippen LogP contribution in [0.25, 0.3) is 0 Å². The Kier molecular flexibility index (Phi) is 4.39. The molecular formula is C13H15ClN2O2S2. The summed E-state index contributed by atoms with van der Waals surface area (Å²) in [6, 6.07) is 6.77. The lowest BCUT2D eigenvalue weighted by Crippen LogP contribution is -2.13. The van der Waals surface area contributed by atoms with Crippen LogP contribution in [0.2, 0.25) is 5.02 Å². The summed E-state index contributed by atoms with van der Waals surface area (Å²) in [6.45, 7) is 3.97. The molecule has 0 aliphatic rings. The first-order valence-corrected chi connectivity index (χ1v) is 8.59. The fourth-order valence-corrected chi connectivity index (χ4v) is 4.73. The Hall–Kier alpha value is -1.08. The van der Waals surface area contributed by atoms with Crippen LogP contribution in [-0.2, 0) is 16.6 Å². The van der Waals surface area contributed by atoms with E-state index in [0.717, 1.165) is 10.4 Å². The third-order valence-electron chi connectivity index (χ3n) is 2.78. The van der Waals surface area contributed by atoms with Gasteiger partial charge in [-0.15, -0.1) is 11.3 Å². The number of sulfonamides is 1. The standard InChI is InChI=1S/C13H15ClN2O2S2/c1-8-3-4-12(11(14)5-8)16-20(17,18)13-6-10(7-15)19-9(13)2/h3-6,16H,7,15H2,1-2H3. The SMILES string of the molecule is Cc1ccc(NS(=O)(=O)c2cc(CN)sc2C)c(Cl)c1. The van der Waals surface area contributed by atoms with Crippen LogP contribution in [0.15, 0.2) is 29.2 Å². The number of benzene rings is 1. The lowest BCUT2D eigenvalue weighted by atomic mass is 10.2. The molecule has 0 bridgehead atoms. The summed E-state index contributed by atoms with van der Waals surface area (Å²) in [5, 5.41) is 0.375. The second-order valence-electron chi connectivity index (χ2n) is 4.43. The van der Waals surface area contributed by atoms with E-state index in [-0.39, 0.29) is 4.90 Å². The van der Waals surface area contributed by atoms with Crippen LogP contribution in [0, 0.1) is 13.8 Å². The highest BCUT2D eigenvalue weighted by Crippen LogP contribution is 2.29. The van der Waals surface area contributed by atoms with Crippen LogP contribution in [0.1, 0.15) is 15.3 Å². The van der Waals surface area contributed by atoms with Gasteiger partial charge in [-0.25, -0.2) is 8.42 Å². The van der Waals surface area contributed by atoms with Crippen LogP contribution in [0.3, 0.4) is 0 Å². The molecule has 0 atom stereocenters. The molecule has 7 heteroatoms. The van der Waals surface area contributed by atoms with Crippen LogP contribution in [-0.4, -0.2) is 8.42 Å². The molecule has 0 saturated carbocycles. The topological polar surface area (TPSA) is 72.2 Å². The van der Waals surface area contributed by atoms with Gasteiger partial charge in [0.15, 0.2) is 0 Å². The number of nitrogens with two attached hydrogens (primary N) is 1. The van der Waals surface area contributed by atoms with Crippen LogP contribution < -0.4 is 10.5 Å². The lowest BCUT2D eigenvalue weighted by Gasteiger charge is -2.09. The van der Waals surface area contributed by atoms with Gasteiger partial charge in [0, 0.05) is 16.3 Å². The van der Waals surface area contributed by atoms with E-state index in [1.807, 2.05) is 6.92 Å². The van der Waals surface area contributed by atoms with Gasteiger partial charge in [-0.05, 0) is 37.6 Å². The molecule has 0 aliphatic carbocycles. The first-order chi connectivity index (χ1) is 9.33. The maximum atomic E-state index is 12.4. The van der Waals surface area contributed by atoms with Gasteiger partial charge < -0.3 is 5.73 Å². The summed E-state index contributed by atoms with van der Waals surface area (Å²) in [5.41, 5.74) is 6.88. The Morgan fingerprint density at radius 1 is 1.30 bits per heavy atom. The minimum atomic E-state index is -3.65. The van der Waals surface area contributed by atoms with Gasteiger partial charge in [0.1, 0.15) is 4.90 Å². The van der Waals surface area contributed by atoms with Gasteiger partial charge in [0.25, 0.3) is 10.0 Å². The normalized spacial score (nSPS) is 11.6. The van der Waals surface area contributed by atoms with Crippen LogP contribution in [0.4, 0.5) is 5.69 Å². The molecule has 0 fully saturated rings. The van der Waals surface area contributed by atoms with E-state index in [2.05, 4.69) is 4.72 Å². The van der Waals surface area contributed by atoms with Crippen molar-refractivity contribution in [3.05, 3.63) is 44.6 Å². The summed E-state index contributed by atoms with van der Waals surface area (Å²) in [6.07, 6.45) is 0. The highest BCUT2D eigenvalue weighted by atomic mass is 35.5. The molecule has 0 spiro atoms. The van der Waals surface area contributed by atoms with Crippen molar-refractivity contribution < 1.29 is 8.42 Å². The van der Waals surface area contributed by atoms with Gasteiger partial charge in [-0.1, -0.05) is 17.7 Å². The summed E-state index contributed by atoms with van der Waals surface area (Å²) in [5.74, 6) is 0. The molecule has 0 amide bonds. The van der Waals surface area contributed by atoms with Crippen molar-refractivity contribution in [3.8, 4) is 0 Å². The van der Waals surface area contributed by atoms with Gasteiger partial charge in [0.05, 0.1) is 10.7 Å². The number of aryl methyl sites for hydroxylation is 2. The third-order valence-corrected chi connectivity index (χ3v) is 5.79. The second kappa shape index (κ2) is 5.73. The zero-order chi connectivity index (χ0) is 14.9. The van der Waals surface area contributed by atoms with Crippen molar-refractivity contribution in [2.45, 2.75) is 25.3 Å². The molecule has 1 aromatic heterocycles. The Bertz CT molecular complexity index is 739. The maximum absolute atomic E-state index is 12.4. The highest BCUT2D eigenvalue weighted by molar-refractivity contribution is 7.93. The Morgan fingerprint density at radius 3 is 2.55 bits per heavy atom. The van der Waals surface area contributed by atoms with E-state index in [1.165, 1.54) is 11.3 Å². The monoisotopic (exact) mass is 330 g/mol. The molecule has 2 aromatic rings. The fourth-order valence-electron chi connectivity index (χ4n) is 1.79. The molecule has 0 unspecified atom stereocenters. The van der Waals surface area contributed by atoms with E-state index in [0.29, 0.717) is 22.1 Å². The van der Waals surface area contributed by atoms with Gasteiger partial charge in [0.2, 0.25) is 0 Å². The highest BCUT2D eigenvalue weighted by Gasteiger charge is 2.20. The minimum Gasteiger partial charge on any atom is -0.326 e. The largest absolute Gasteiger partial charge is 0.326 e. The Morgan fingerprint density at radius 2 is 2.00 bits per heavy atom. The second-order valence-corrected chi connectivity index (χ2v) is 7.82. The quantitative estimate of drug-likeness (QED) is 0.903. The summed E-state index contributed by atoms with van der Waals surface area (Å²) in [7, 11) is -3.65. The first-order valence-electron chi connectivity index (χ1n) is 5.92. The lowest BCUT2D eigenvalue weighted by molar-refractivity contribution is 0.601. The van der Waals surface area contributed by atoms with E-state index in [9.17, 15) is 8.42 Å². The molecule has 108 valence electrons. The van der Waals surface area contributed by atoms with Crippen LogP contribution in [0.5, 0.6) is 0 Å². The molecule has 4 nitrogen and oxygen atoms in total. The van der Waals surface area contributed by atoms with E-state index >= 15 is 0 Å². The number of hydrogen-bond donors (Lipinski definition) is 2. The summed E-state index contributed by atoms with van der Waals surface area (Å²) < 4.78 is 27.3. The minimum absolute atomic E-state index is 0.250. The summed E-state index contributed by atoms with van der Waals surface area (Å²) >= 11 is 7.43. The molecule has 20 heavy (non-hydrogen) atoms. The smallest absolute Gasteiger partial charge is 0.263 e. The molecule has 0 radical (unpaired) electrons. The van der Waals surface area contributed by atoms with E-state index < -0.39 is 10.0 Å². The van der Waals surface area contributed by atoms with Crippen LogP contribution >= 0.6 is 22.9 Å². The Labute approximate surface area is 127 Å². The maximum Gasteiger partial charge on any atom is 0.263 e. The van der Waals surface area contributed by atoms with E-state index in [1.54, 1.807) is 31.2 Å². The molecule has 2 rings (SSSR count). The third kappa shape index (κ3) is 3.15. The Balaban J connectivity index is 2.38. The molecule has 3 N–H and O–H groups in total. The number of halogens is 1. The average Bonchev–Trinajstić information content (AvgIpc) is 2.75.